The van der Waals surface area contributed by atoms with Crippen LogP contribution in [-0.2, 0) is 12.8 Å². The molecular weight excluding hydrogens is 383 g/mol. The van der Waals surface area contributed by atoms with E-state index in [1.54, 1.807) is 0 Å². The van der Waals surface area contributed by atoms with Crippen molar-refractivity contribution in [2.45, 2.75) is 19.1 Å². The van der Waals surface area contributed by atoms with Gasteiger partial charge in [-0.1, -0.05) is 0 Å². The highest BCUT2D eigenvalue weighted by Crippen LogP contribution is 2.34. The molecule has 0 radical (unpaired) electrons. The topological polar surface area (TPSA) is 42.4 Å². The smallest absolute Gasteiger partial charge is 0.391 e. The first kappa shape index (κ1) is 15.3. The summed E-state index contributed by atoms with van der Waals surface area (Å²) in [7, 11) is 0. The number of hydrogen-bond donors (Lipinski definition) is 1. The Hall–Kier alpha value is -0.780. The maximum Gasteiger partial charge on any atom is 0.574 e. The Morgan fingerprint density at radius 3 is 2.17 bits per heavy atom. The zero-order chi connectivity index (χ0) is 14.1. The molecule has 0 atom stereocenters. The number of nitrogens with zero attached hydrogens (tertiary/aromatic N) is 1. The third kappa shape index (κ3) is 3.86. The lowest BCUT2D eigenvalue weighted by atomic mass is 10.2. The minimum absolute atomic E-state index is 0.225. The predicted molar refractivity (Wildman–Crippen MR) is 54.6 cm³/mol. The Labute approximate surface area is 110 Å². The van der Waals surface area contributed by atoms with Gasteiger partial charge in [0.1, 0.15) is 5.69 Å². The third-order valence-corrected chi connectivity index (χ3v) is 2.66. The summed E-state index contributed by atoms with van der Waals surface area (Å²) in [5.74, 6) is -1.30. The van der Waals surface area contributed by atoms with Crippen molar-refractivity contribution in [2.24, 2.45) is 0 Å². The lowest BCUT2D eigenvalue weighted by Crippen LogP contribution is -2.21. The SMILES string of the molecule is OCc1c(I)cc(C(F)(F)F)nc1OC(F)(F)F. The van der Waals surface area contributed by atoms with Crippen LogP contribution in [0.3, 0.4) is 0 Å². The van der Waals surface area contributed by atoms with Crippen molar-refractivity contribution in [3.05, 3.63) is 20.9 Å². The fourth-order valence-electron chi connectivity index (χ4n) is 1.00. The molecule has 3 nitrogen and oxygen atoms in total. The fraction of sp³-hybridized carbons (Fsp3) is 0.375. The van der Waals surface area contributed by atoms with E-state index in [0.717, 1.165) is 0 Å². The number of aliphatic hydroxyl groups is 1. The van der Waals surface area contributed by atoms with Gasteiger partial charge in [0.15, 0.2) is 0 Å². The first-order valence-electron chi connectivity index (χ1n) is 4.18. The van der Waals surface area contributed by atoms with Gasteiger partial charge in [-0.15, -0.1) is 13.2 Å². The Balaban J connectivity index is 3.33. The third-order valence-electron chi connectivity index (χ3n) is 1.69. The van der Waals surface area contributed by atoms with Crippen LogP contribution >= 0.6 is 22.6 Å². The lowest BCUT2D eigenvalue weighted by molar-refractivity contribution is -0.276. The van der Waals surface area contributed by atoms with Crippen LogP contribution in [0.4, 0.5) is 26.3 Å². The minimum atomic E-state index is -5.19. The molecule has 0 aliphatic heterocycles. The monoisotopic (exact) mass is 387 g/mol. The van der Waals surface area contributed by atoms with E-state index in [0.29, 0.717) is 6.07 Å². The molecule has 0 fully saturated rings. The van der Waals surface area contributed by atoms with Crippen molar-refractivity contribution in [1.82, 2.24) is 4.98 Å². The molecule has 0 unspecified atom stereocenters. The van der Waals surface area contributed by atoms with Crippen LogP contribution in [0.1, 0.15) is 11.3 Å². The molecular formula is C8H4F6INO2. The summed E-state index contributed by atoms with van der Waals surface area (Å²) in [4.78, 5) is 2.73. The molecule has 0 bridgehead atoms. The van der Waals surface area contributed by atoms with Gasteiger partial charge in [0.05, 0.1) is 12.2 Å². The van der Waals surface area contributed by atoms with E-state index in [4.69, 9.17) is 5.11 Å². The Morgan fingerprint density at radius 2 is 1.78 bits per heavy atom. The highest BCUT2D eigenvalue weighted by atomic mass is 127. The van der Waals surface area contributed by atoms with Crippen molar-refractivity contribution in [2.75, 3.05) is 0 Å². The average molecular weight is 387 g/mol. The summed E-state index contributed by atoms with van der Waals surface area (Å²) in [5.41, 5.74) is -1.98. The van der Waals surface area contributed by atoms with Crippen molar-refractivity contribution in [3.8, 4) is 5.88 Å². The summed E-state index contributed by atoms with van der Waals surface area (Å²) in [6, 6.07) is 0.523. The second kappa shape index (κ2) is 5.07. The van der Waals surface area contributed by atoms with E-state index in [9.17, 15) is 26.3 Å². The van der Waals surface area contributed by atoms with Crippen molar-refractivity contribution < 1.29 is 36.2 Å². The Bertz CT molecular complexity index is 444. The maximum atomic E-state index is 12.4. The first-order chi connectivity index (χ1) is 8.04. The molecule has 0 amide bonds. The standard InChI is InChI=1S/C8H4F6INO2/c9-7(10,11)5-1-4(15)3(2-17)6(16-5)18-8(12,13)14/h1,17H,2H2. The van der Waals surface area contributed by atoms with Gasteiger partial charge in [0.25, 0.3) is 0 Å². The average Bonchev–Trinajstić information content (AvgIpc) is 2.13. The second-order valence-corrected chi connectivity index (χ2v) is 4.14. The van der Waals surface area contributed by atoms with Crippen LogP contribution in [0.2, 0.25) is 0 Å². The summed E-state index contributed by atoms with van der Waals surface area (Å²) < 4.78 is 76.2. The highest BCUT2D eigenvalue weighted by molar-refractivity contribution is 14.1. The van der Waals surface area contributed by atoms with Crippen LogP contribution in [0.15, 0.2) is 6.07 Å². The summed E-state index contributed by atoms with van der Waals surface area (Å²) in [6.45, 7) is -0.922. The van der Waals surface area contributed by atoms with Crippen molar-refractivity contribution in [1.29, 1.82) is 0 Å². The predicted octanol–water partition coefficient (Wildman–Crippen LogP) is 3.10. The van der Waals surface area contributed by atoms with Crippen LogP contribution in [0.5, 0.6) is 5.88 Å². The number of rotatable bonds is 2. The molecule has 10 heteroatoms. The summed E-state index contributed by atoms with van der Waals surface area (Å²) in [5, 5.41) is 8.82. The zero-order valence-electron chi connectivity index (χ0n) is 8.23. The van der Waals surface area contributed by atoms with Gasteiger partial charge in [-0.25, -0.2) is 4.98 Å². The molecule has 0 aliphatic rings. The quantitative estimate of drug-likeness (QED) is 0.627. The molecule has 1 N–H and O–H groups in total. The summed E-state index contributed by atoms with van der Waals surface area (Å²) >= 11 is 1.36. The van der Waals surface area contributed by atoms with Crippen LogP contribution in [0, 0.1) is 3.57 Å². The van der Waals surface area contributed by atoms with E-state index < -0.39 is 36.3 Å². The number of hydrogen-bond acceptors (Lipinski definition) is 3. The van der Waals surface area contributed by atoms with Gasteiger partial charge >= 0.3 is 12.5 Å². The molecule has 1 aromatic rings. The van der Waals surface area contributed by atoms with E-state index >= 15 is 0 Å². The number of aromatic nitrogens is 1. The summed E-state index contributed by atoms with van der Waals surface area (Å²) in [6.07, 6.45) is -10.1. The van der Waals surface area contributed by atoms with Gasteiger partial charge < -0.3 is 9.84 Å². The number of halogens is 7. The number of alkyl halides is 6. The van der Waals surface area contributed by atoms with Crippen LogP contribution < -0.4 is 4.74 Å². The van der Waals surface area contributed by atoms with E-state index in [1.807, 2.05) is 0 Å². The van der Waals surface area contributed by atoms with Gasteiger partial charge in [-0.05, 0) is 28.7 Å². The molecule has 18 heavy (non-hydrogen) atoms. The maximum absolute atomic E-state index is 12.4. The molecule has 102 valence electrons. The molecule has 0 saturated heterocycles. The molecule has 1 rings (SSSR count). The van der Waals surface area contributed by atoms with Crippen LogP contribution in [-0.4, -0.2) is 16.5 Å². The molecule has 1 aromatic heterocycles. The normalized spacial score (nSPS) is 12.7. The number of ether oxygens (including phenoxy) is 1. The van der Waals surface area contributed by atoms with Gasteiger partial charge in [-0.2, -0.15) is 13.2 Å². The molecule has 0 aromatic carbocycles. The van der Waals surface area contributed by atoms with Gasteiger partial charge in [-0.3, -0.25) is 0 Å². The molecule has 0 spiro atoms. The van der Waals surface area contributed by atoms with Crippen LogP contribution in [0.25, 0.3) is 0 Å². The minimum Gasteiger partial charge on any atom is -0.391 e. The van der Waals surface area contributed by atoms with E-state index in [2.05, 4.69) is 9.72 Å². The lowest BCUT2D eigenvalue weighted by Gasteiger charge is -2.15. The fourth-order valence-corrected chi connectivity index (χ4v) is 1.70. The number of aliphatic hydroxyl groups excluding tert-OH is 1. The zero-order valence-corrected chi connectivity index (χ0v) is 10.4. The number of pyridine rings is 1. The largest absolute Gasteiger partial charge is 0.574 e. The molecule has 0 saturated carbocycles. The molecule has 0 aliphatic carbocycles. The van der Waals surface area contributed by atoms with Gasteiger partial charge in [0, 0.05) is 3.57 Å². The van der Waals surface area contributed by atoms with E-state index in [1.165, 1.54) is 22.6 Å². The highest BCUT2D eigenvalue weighted by Gasteiger charge is 2.37. The molecule has 1 heterocycles. The van der Waals surface area contributed by atoms with Gasteiger partial charge in [0.2, 0.25) is 5.88 Å². The Morgan fingerprint density at radius 1 is 1.22 bits per heavy atom. The first-order valence-corrected chi connectivity index (χ1v) is 5.25. The Kier molecular flexibility index (Phi) is 4.30. The van der Waals surface area contributed by atoms with Crippen molar-refractivity contribution >= 4 is 22.6 Å². The van der Waals surface area contributed by atoms with E-state index in [-0.39, 0.29) is 3.57 Å². The van der Waals surface area contributed by atoms with Crippen molar-refractivity contribution in [3.63, 3.8) is 0 Å². The second-order valence-electron chi connectivity index (χ2n) is 2.98.